The minimum absolute atomic E-state index is 0.288. The lowest BCUT2D eigenvalue weighted by molar-refractivity contribution is 0.0946. The van der Waals surface area contributed by atoms with Crippen LogP contribution in [0.5, 0.6) is 0 Å². The Morgan fingerprint density at radius 3 is 2.36 bits per heavy atom. The van der Waals surface area contributed by atoms with Gasteiger partial charge in [0.15, 0.2) is 0 Å². The number of aryl methyl sites for hydroxylation is 2. The van der Waals surface area contributed by atoms with Gasteiger partial charge in [-0.25, -0.2) is 5.43 Å². The second-order valence-corrected chi connectivity index (χ2v) is 5.94. The van der Waals surface area contributed by atoms with Crippen LogP contribution in [-0.4, -0.2) is 21.9 Å². The zero-order valence-corrected chi connectivity index (χ0v) is 14.7. The number of benzene rings is 2. The summed E-state index contributed by atoms with van der Waals surface area (Å²) in [6, 6.07) is 18.0. The molecule has 3 rings (SSSR count). The van der Waals surface area contributed by atoms with Gasteiger partial charge < -0.3 is 0 Å². The first-order chi connectivity index (χ1) is 12.1. The van der Waals surface area contributed by atoms with E-state index in [2.05, 4.69) is 27.8 Å². The van der Waals surface area contributed by atoms with E-state index >= 15 is 0 Å². The van der Waals surface area contributed by atoms with Crippen molar-refractivity contribution in [2.45, 2.75) is 6.92 Å². The van der Waals surface area contributed by atoms with Gasteiger partial charge in [-0.3, -0.25) is 9.48 Å². The fourth-order valence-electron chi connectivity index (χ4n) is 2.49. The normalized spacial score (nSPS) is 11.0. The molecule has 1 aromatic heterocycles. The van der Waals surface area contributed by atoms with Crippen LogP contribution in [0, 0.1) is 6.92 Å². The number of hydrazone groups is 1. The Hall–Kier alpha value is -2.92. The van der Waals surface area contributed by atoms with Gasteiger partial charge in [-0.2, -0.15) is 10.2 Å². The molecule has 3 aromatic rings. The Balaban J connectivity index is 1.67. The maximum Gasteiger partial charge on any atom is 0.291 e. The monoisotopic (exact) mass is 352 g/mol. The third-order valence-electron chi connectivity index (χ3n) is 3.76. The molecule has 25 heavy (non-hydrogen) atoms. The van der Waals surface area contributed by atoms with Crippen molar-refractivity contribution in [1.29, 1.82) is 0 Å². The van der Waals surface area contributed by atoms with Crippen molar-refractivity contribution in [2.75, 3.05) is 0 Å². The Morgan fingerprint density at radius 2 is 1.76 bits per heavy atom. The highest BCUT2D eigenvalue weighted by Gasteiger charge is 2.17. The molecular formula is C19H17ClN4O. The molecule has 0 unspecified atom stereocenters. The Bertz CT molecular complexity index is 915. The highest BCUT2D eigenvalue weighted by Crippen LogP contribution is 2.20. The fraction of sp³-hybridized carbons (Fsp3) is 0.105. The molecule has 0 aliphatic rings. The molecule has 0 saturated carbocycles. The average molecular weight is 353 g/mol. The zero-order chi connectivity index (χ0) is 17.8. The van der Waals surface area contributed by atoms with Gasteiger partial charge in [-0.1, -0.05) is 66.2 Å². The van der Waals surface area contributed by atoms with Crippen LogP contribution in [0.25, 0.3) is 11.1 Å². The van der Waals surface area contributed by atoms with Crippen LogP contribution in [0.1, 0.15) is 21.7 Å². The van der Waals surface area contributed by atoms with Gasteiger partial charge >= 0.3 is 0 Å². The number of hydrogen-bond acceptors (Lipinski definition) is 3. The molecule has 126 valence electrons. The lowest BCUT2D eigenvalue weighted by Gasteiger charge is -2.02. The number of carbonyl (C=O) groups excluding carboxylic acids is 1. The lowest BCUT2D eigenvalue weighted by atomic mass is 10.0. The van der Waals surface area contributed by atoms with Gasteiger partial charge in [0.05, 0.1) is 16.9 Å². The number of nitrogens with zero attached hydrogens (tertiary/aromatic N) is 3. The molecule has 0 radical (unpaired) electrons. The van der Waals surface area contributed by atoms with Gasteiger partial charge in [0.1, 0.15) is 5.69 Å². The molecule has 1 amide bonds. The number of carbonyl (C=O) groups is 1. The summed E-state index contributed by atoms with van der Waals surface area (Å²) < 4.78 is 1.44. The molecule has 0 bridgehead atoms. The largest absolute Gasteiger partial charge is 0.291 e. The van der Waals surface area contributed by atoms with Crippen molar-refractivity contribution in [3.8, 4) is 11.1 Å². The Kier molecular flexibility index (Phi) is 4.95. The number of aromatic nitrogens is 2. The van der Waals surface area contributed by atoms with Gasteiger partial charge in [0.2, 0.25) is 0 Å². The van der Waals surface area contributed by atoms with E-state index in [9.17, 15) is 4.79 Å². The summed E-state index contributed by atoms with van der Waals surface area (Å²) in [5.41, 5.74) is 6.53. The molecule has 2 aromatic carbocycles. The van der Waals surface area contributed by atoms with Crippen LogP contribution in [0.2, 0.25) is 5.02 Å². The third kappa shape index (κ3) is 3.78. The van der Waals surface area contributed by atoms with Crippen LogP contribution < -0.4 is 5.43 Å². The van der Waals surface area contributed by atoms with Crippen LogP contribution in [0.3, 0.4) is 0 Å². The summed E-state index contributed by atoms with van der Waals surface area (Å²) in [6.45, 7) is 1.75. The van der Waals surface area contributed by atoms with E-state index < -0.39 is 5.91 Å². The van der Waals surface area contributed by atoms with E-state index in [0.29, 0.717) is 10.7 Å². The molecule has 1 heterocycles. The minimum atomic E-state index is -0.398. The van der Waals surface area contributed by atoms with Crippen molar-refractivity contribution in [3.05, 3.63) is 76.6 Å². The Morgan fingerprint density at radius 1 is 1.12 bits per heavy atom. The van der Waals surface area contributed by atoms with E-state index in [1.165, 1.54) is 4.68 Å². The quantitative estimate of drug-likeness (QED) is 0.573. The molecular weight excluding hydrogens is 336 g/mol. The third-order valence-corrected chi connectivity index (χ3v) is 4.21. The van der Waals surface area contributed by atoms with Gasteiger partial charge in [-0.05, 0) is 23.6 Å². The molecule has 0 spiro atoms. The summed E-state index contributed by atoms with van der Waals surface area (Å²) in [7, 11) is 1.67. The summed E-state index contributed by atoms with van der Waals surface area (Å²) in [5, 5.41) is 8.43. The van der Waals surface area contributed by atoms with E-state index in [1.54, 1.807) is 20.2 Å². The van der Waals surface area contributed by atoms with Crippen molar-refractivity contribution in [2.24, 2.45) is 12.1 Å². The minimum Gasteiger partial charge on any atom is -0.266 e. The van der Waals surface area contributed by atoms with Crippen LogP contribution >= 0.6 is 11.6 Å². The van der Waals surface area contributed by atoms with Crippen LogP contribution in [-0.2, 0) is 7.05 Å². The fourth-order valence-corrected chi connectivity index (χ4v) is 2.74. The highest BCUT2D eigenvalue weighted by molar-refractivity contribution is 6.34. The predicted octanol–water partition coefficient (Wildman–Crippen LogP) is 3.81. The highest BCUT2D eigenvalue weighted by atomic mass is 35.5. The molecule has 0 fully saturated rings. The van der Waals surface area contributed by atoms with Crippen molar-refractivity contribution in [3.63, 3.8) is 0 Å². The summed E-state index contributed by atoms with van der Waals surface area (Å²) >= 11 is 6.08. The molecule has 6 heteroatoms. The summed E-state index contributed by atoms with van der Waals surface area (Å²) in [6.07, 6.45) is 1.59. The summed E-state index contributed by atoms with van der Waals surface area (Å²) in [4.78, 5) is 12.2. The van der Waals surface area contributed by atoms with E-state index in [0.717, 1.165) is 16.7 Å². The maximum absolute atomic E-state index is 12.2. The molecule has 0 atom stereocenters. The van der Waals surface area contributed by atoms with Gasteiger partial charge in [0.25, 0.3) is 5.91 Å². The number of rotatable bonds is 4. The van der Waals surface area contributed by atoms with Crippen molar-refractivity contribution < 1.29 is 4.79 Å². The number of nitrogens with one attached hydrogen (secondary N) is 1. The second-order valence-electron chi connectivity index (χ2n) is 5.56. The topological polar surface area (TPSA) is 59.3 Å². The first kappa shape index (κ1) is 16.9. The molecule has 0 aliphatic heterocycles. The molecule has 0 aliphatic carbocycles. The lowest BCUT2D eigenvalue weighted by Crippen LogP contribution is -2.21. The van der Waals surface area contributed by atoms with Gasteiger partial charge in [-0.15, -0.1) is 0 Å². The van der Waals surface area contributed by atoms with E-state index in [4.69, 9.17) is 11.6 Å². The van der Waals surface area contributed by atoms with Crippen molar-refractivity contribution in [1.82, 2.24) is 15.2 Å². The maximum atomic E-state index is 12.2. The zero-order valence-electron chi connectivity index (χ0n) is 13.9. The first-order valence-electron chi connectivity index (χ1n) is 7.74. The van der Waals surface area contributed by atoms with E-state index in [1.807, 2.05) is 42.5 Å². The summed E-state index contributed by atoms with van der Waals surface area (Å²) in [5.74, 6) is -0.398. The Labute approximate surface area is 150 Å². The number of halogens is 1. The second kappa shape index (κ2) is 7.32. The smallest absolute Gasteiger partial charge is 0.266 e. The standard InChI is InChI=1S/C19H17ClN4O/c1-13-17(20)18(24(2)23-13)19(25)22-21-12-14-8-10-16(11-9-14)15-6-4-3-5-7-15/h3-12H,1-2H3,(H,22,25). The predicted molar refractivity (Wildman–Crippen MR) is 99.9 cm³/mol. The molecule has 0 saturated heterocycles. The molecule has 5 nitrogen and oxygen atoms in total. The van der Waals surface area contributed by atoms with Crippen LogP contribution in [0.4, 0.5) is 0 Å². The van der Waals surface area contributed by atoms with E-state index in [-0.39, 0.29) is 5.69 Å². The number of hydrogen-bond donors (Lipinski definition) is 1. The van der Waals surface area contributed by atoms with Crippen LogP contribution in [0.15, 0.2) is 59.7 Å². The molecule has 1 N–H and O–H groups in total. The first-order valence-corrected chi connectivity index (χ1v) is 8.12. The average Bonchev–Trinajstić information content (AvgIpc) is 2.88. The van der Waals surface area contributed by atoms with Crippen molar-refractivity contribution >= 4 is 23.7 Å². The number of amides is 1. The SMILES string of the molecule is Cc1nn(C)c(C(=O)NN=Cc2ccc(-c3ccccc3)cc2)c1Cl. The van der Waals surface area contributed by atoms with Gasteiger partial charge in [0, 0.05) is 7.05 Å².